The number of sulfonamides is 1. The van der Waals surface area contributed by atoms with Crippen molar-refractivity contribution in [1.29, 1.82) is 0 Å². The molecule has 0 saturated carbocycles. The number of nitrogens with one attached hydrogen (secondary N) is 1. The van der Waals surface area contributed by atoms with Crippen LogP contribution in [0.2, 0.25) is 0 Å². The number of anilines is 1. The van der Waals surface area contributed by atoms with Gasteiger partial charge in [0.1, 0.15) is 0 Å². The summed E-state index contributed by atoms with van der Waals surface area (Å²) in [5.41, 5.74) is 4.50. The van der Waals surface area contributed by atoms with E-state index < -0.39 is 10.0 Å². The molecule has 7 nitrogen and oxygen atoms in total. The summed E-state index contributed by atoms with van der Waals surface area (Å²) < 4.78 is 28.9. The molecule has 31 heavy (non-hydrogen) atoms. The highest BCUT2D eigenvalue weighted by molar-refractivity contribution is 7.92. The fourth-order valence-corrected chi connectivity index (χ4v) is 5.18. The van der Waals surface area contributed by atoms with Gasteiger partial charge in [-0.3, -0.25) is 19.5 Å². The topological polar surface area (TPSA) is 92.3 Å². The minimum atomic E-state index is -3.82. The lowest BCUT2D eigenvalue weighted by Crippen LogP contribution is -2.27. The first-order valence-corrected chi connectivity index (χ1v) is 11.3. The summed E-state index contributed by atoms with van der Waals surface area (Å²) in [4.78, 5) is 22.9. The maximum Gasteiger partial charge on any atom is 0.262 e. The number of rotatable bonds is 6. The minimum Gasteiger partial charge on any atom is -0.336 e. The van der Waals surface area contributed by atoms with Gasteiger partial charge in [0.2, 0.25) is 0 Å². The quantitative estimate of drug-likeness (QED) is 0.632. The van der Waals surface area contributed by atoms with Crippen molar-refractivity contribution in [3.05, 3.63) is 82.4 Å². The molecular weight excluding hydrogens is 412 g/mol. The highest BCUT2D eigenvalue weighted by Crippen LogP contribution is 2.26. The van der Waals surface area contributed by atoms with Gasteiger partial charge in [-0.2, -0.15) is 0 Å². The van der Waals surface area contributed by atoms with E-state index in [9.17, 15) is 13.2 Å². The molecule has 3 rings (SSSR count). The Balaban J connectivity index is 1.88. The van der Waals surface area contributed by atoms with Gasteiger partial charge in [-0.25, -0.2) is 8.42 Å². The molecule has 0 bridgehead atoms. The second-order valence-corrected chi connectivity index (χ2v) is 9.34. The molecule has 0 aliphatic carbocycles. The predicted octanol–water partition coefficient (Wildman–Crippen LogP) is 3.78. The number of carbonyl (C=O) groups is 1. The van der Waals surface area contributed by atoms with Crippen molar-refractivity contribution in [2.75, 3.05) is 11.8 Å². The molecule has 2 aromatic carbocycles. The zero-order chi connectivity index (χ0) is 22.8. The van der Waals surface area contributed by atoms with Gasteiger partial charge in [0.25, 0.3) is 15.9 Å². The van der Waals surface area contributed by atoms with Crippen molar-refractivity contribution < 1.29 is 13.2 Å². The average Bonchev–Trinajstić information content (AvgIpc) is 2.68. The first-order valence-electron chi connectivity index (χ1n) is 9.80. The molecule has 0 fully saturated rings. The normalized spacial score (nSPS) is 11.3. The summed E-state index contributed by atoms with van der Waals surface area (Å²) in [6, 6.07) is 8.67. The highest BCUT2D eigenvalue weighted by Gasteiger charge is 2.22. The highest BCUT2D eigenvalue weighted by atomic mass is 32.2. The van der Waals surface area contributed by atoms with Gasteiger partial charge in [0.15, 0.2) is 0 Å². The Bertz CT molecular complexity index is 1200. The van der Waals surface area contributed by atoms with Crippen LogP contribution < -0.4 is 4.72 Å². The fourth-order valence-electron chi connectivity index (χ4n) is 3.60. The van der Waals surface area contributed by atoms with E-state index in [1.54, 1.807) is 64.6 Å². The molecule has 1 N–H and O–H groups in total. The predicted molar refractivity (Wildman–Crippen MR) is 120 cm³/mol. The van der Waals surface area contributed by atoms with E-state index in [-0.39, 0.29) is 10.8 Å². The molecule has 0 spiro atoms. The van der Waals surface area contributed by atoms with Gasteiger partial charge < -0.3 is 4.90 Å². The van der Waals surface area contributed by atoms with E-state index in [1.165, 1.54) is 4.90 Å². The molecule has 3 aromatic rings. The Morgan fingerprint density at radius 1 is 1.00 bits per heavy atom. The van der Waals surface area contributed by atoms with E-state index in [1.807, 2.05) is 19.1 Å². The largest absolute Gasteiger partial charge is 0.336 e. The van der Waals surface area contributed by atoms with Crippen molar-refractivity contribution >= 4 is 21.6 Å². The van der Waals surface area contributed by atoms with Crippen LogP contribution in [0.25, 0.3) is 0 Å². The number of carbonyl (C=O) groups excluding carboxylic acids is 1. The van der Waals surface area contributed by atoms with E-state index >= 15 is 0 Å². The smallest absolute Gasteiger partial charge is 0.262 e. The Hall–Kier alpha value is -3.26. The standard InChI is InChI=1S/C23H26N4O3S/c1-15-10-17(3)22(18(4)11-15)31(29,30)26-21-12-19(7-6-16(21)2)23(28)27(5)14-20-13-24-8-9-25-20/h6-13,26H,14H2,1-5H3. The Labute approximate surface area is 183 Å². The van der Waals surface area contributed by atoms with E-state index in [0.717, 1.165) is 11.1 Å². The second kappa shape index (κ2) is 8.85. The van der Waals surface area contributed by atoms with Crippen molar-refractivity contribution in [1.82, 2.24) is 14.9 Å². The maximum atomic E-state index is 13.1. The Kier molecular flexibility index (Phi) is 6.40. The number of aromatic nitrogens is 2. The van der Waals surface area contributed by atoms with Crippen LogP contribution in [0.5, 0.6) is 0 Å². The molecule has 0 aliphatic heterocycles. The van der Waals surface area contributed by atoms with Crippen LogP contribution in [0.3, 0.4) is 0 Å². The number of hydrogen-bond acceptors (Lipinski definition) is 5. The molecule has 0 aliphatic rings. The summed E-state index contributed by atoms with van der Waals surface area (Å²) >= 11 is 0. The number of hydrogen-bond donors (Lipinski definition) is 1. The fraction of sp³-hybridized carbons (Fsp3) is 0.261. The van der Waals surface area contributed by atoms with Gasteiger partial charge in [-0.1, -0.05) is 23.8 Å². The molecule has 1 amide bonds. The molecule has 0 radical (unpaired) electrons. The van der Waals surface area contributed by atoms with E-state index in [4.69, 9.17) is 0 Å². The Morgan fingerprint density at radius 2 is 1.68 bits per heavy atom. The minimum absolute atomic E-state index is 0.242. The van der Waals surface area contributed by atoms with Crippen LogP contribution in [0.1, 0.15) is 38.3 Å². The van der Waals surface area contributed by atoms with E-state index in [0.29, 0.717) is 34.6 Å². The van der Waals surface area contributed by atoms with Crippen molar-refractivity contribution in [2.24, 2.45) is 0 Å². The lowest BCUT2D eigenvalue weighted by atomic mass is 10.1. The summed E-state index contributed by atoms with van der Waals surface area (Å²) in [6.45, 7) is 7.58. The molecule has 0 atom stereocenters. The lowest BCUT2D eigenvalue weighted by molar-refractivity contribution is 0.0783. The zero-order valence-corrected chi connectivity index (χ0v) is 19.1. The average molecular weight is 439 g/mol. The molecular formula is C23H26N4O3S. The lowest BCUT2D eigenvalue weighted by Gasteiger charge is -2.19. The van der Waals surface area contributed by atoms with Gasteiger partial charge in [0, 0.05) is 25.0 Å². The molecule has 1 heterocycles. The van der Waals surface area contributed by atoms with Gasteiger partial charge >= 0.3 is 0 Å². The van der Waals surface area contributed by atoms with Crippen LogP contribution in [0, 0.1) is 27.7 Å². The summed E-state index contributed by atoms with van der Waals surface area (Å²) in [5, 5.41) is 0. The second-order valence-electron chi connectivity index (χ2n) is 7.72. The number of nitrogens with zero attached hydrogens (tertiary/aromatic N) is 3. The SMILES string of the molecule is Cc1cc(C)c(S(=O)(=O)Nc2cc(C(=O)N(C)Cc3cnccn3)ccc2C)c(C)c1. The molecule has 0 saturated heterocycles. The zero-order valence-electron chi connectivity index (χ0n) is 18.3. The van der Waals surface area contributed by atoms with Crippen LogP contribution in [0.4, 0.5) is 5.69 Å². The molecule has 162 valence electrons. The first kappa shape index (κ1) is 22.4. The third-order valence-electron chi connectivity index (χ3n) is 4.96. The first-order chi connectivity index (χ1) is 14.6. The third-order valence-corrected chi connectivity index (χ3v) is 6.63. The van der Waals surface area contributed by atoms with Crippen LogP contribution in [0.15, 0.2) is 53.8 Å². The molecule has 1 aromatic heterocycles. The third kappa shape index (κ3) is 5.08. The monoisotopic (exact) mass is 438 g/mol. The number of amides is 1. The maximum absolute atomic E-state index is 13.1. The van der Waals surface area contributed by atoms with Crippen LogP contribution in [-0.2, 0) is 16.6 Å². The van der Waals surface area contributed by atoms with Gasteiger partial charge in [-0.15, -0.1) is 0 Å². The summed E-state index contributed by atoms with van der Waals surface area (Å²) in [7, 11) is -2.15. The van der Waals surface area contributed by atoms with Gasteiger partial charge in [0.05, 0.1) is 29.0 Å². The van der Waals surface area contributed by atoms with Crippen molar-refractivity contribution in [3.8, 4) is 0 Å². The summed E-state index contributed by atoms with van der Waals surface area (Å²) in [6.07, 6.45) is 4.74. The molecule has 8 heteroatoms. The van der Waals surface area contributed by atoms with Crippen LogP contribution >= 0.6 is 0 Å². The Morgan fingerprint density at radius 3 is 2.29 bits per heavy atom. The van der Waals surface area contributed by atoms with E-state index in [2.05, 4.69) is 14.7 Å². The summed E-state index contributed by atoms with van der Waals surface area (Å²) in [5.74, 6) is -0.242. The van der Waals surface area contributed by atoms with Gasteiger partial charge in [-0.05, 0) is 56.5 Å². The number of aryl methyl sites for hydroxylation is 4. The molecule has 0 unspecified atom stereocenters. The van der Waals surface area contributed by atoms with Crippen molar-refractivity contribution in [2.45, 2.75) is 39.1 Å². The van der Waals surface area contributed by atoms with Crippen LogP contribution in [-0.4, -0.2) is 36.2 Å². The van der Waals surface area contributed by atoms with Crippen molar-refractivity contribution in [3.63, 3.8) is 0 Å². The number of benzene rings is 2.